The molecule has 6 nitrogen and oxygen atoms in total. The summed E-state index contributed by atoms with van der Waals surface area (Å²) in [4.78, 5) is 11.6. The van der Waals surface area contributed by atoms with Crippen LogP contribution in [0.5, 0.6) is 0 Å². The lowest BCUT2D eigenvalue weighted by molar-refractivity contribution is 0.0456. The van der Waals surface area contributed by atoms with Crippen molar-refractivity contribution in [2.45, 2.75) is 33.3 Å². The molecule has 0 amide bonds. The molecule has 0 saturated heterocycles. The molecule has 1 heterocycles. The molecule has 0 aliphatic carbocycles. The normalized spacial score (nSPS) is 12.4. The van der Waals surface area contributed by atoms with Gasteiger partial charge in [-0.1, -0.05) is 6.92 Å². The average Bonchev–Trinajstić information content (AvgIpc) is 2.75. The molecule has 1 aromatic rings. The minimum Gasteiger partial charge on any atom is -0.461 e. The van der Waals surface area contributed by atoms with E-state index in [2.05, 4.69) is 15.4 Å². The maximum atomic E-state index is 11.6. The molecule has 1 N–H and O–H groups in total. The zero-order valence-corrected chi connectivity index (χ0v) is 9.82. The van der Waals surface area contributed by atoms with Crippen LogP contribution >= 0.6 is 0 Å². The largest absolute Gasteiger partial charge is 0.461 e. The first-order valence-electron chi connectivity index (χ1n) is 5.43. The van der Waals surface area contributed by atoms with Crippen LogP contribution in [0.2, 0.25) is 0 Å². The summed E-state index contributed by atoms with van der Waals surface area (Å²) in [5.41, 5.74) is 0.727. The van der Waals surface area contributed by atoms with Gasteiger partial charge >= 0.3 is 5.97 Å². The van der Waals surface area contributed by atoms with Gasteiger partial charge in [0, 0.05) is 6.61 Å². The van der Waals surface area contributed by atoms with Crippen LogP contribution in [0.1, 0.15) is 49.5 Å². The topological polar surface area (TPSA) is 77.1 Å². The van der Waals surface area contributed by atoms with Gasteiger partial charge in [-0.2, -0.15) is 10.3 Å². The Bertz CT molecular complexity index is 338. The van der Waals surface area contributed by atoms with Gasteiger partial charge < -0.3 is 9.47 Å². The Morgan fingerprint density at radius 1 is 1.31 bits per heavy atom. The number of H-pyrrole nitrogens is 1. The van der Waals surface area contributed by atoms with Crippen LogP contribution in [-0.4, -0.2) is 34.6 Å². The van der Waals surface area contributed by atoms with E-state index in [4.69, 9.17) is 9.47 Å². The number of aromatic nitrogens is 3. The average molecular weight is 227 g/mol. The Labute approximate surface area is 94.3 Å². The minimum atomic E-state index is -0.468. The standard InChI is InChI=1S/C10H17N3O3/c1-4-7(15-5-2)8-9(12-13-11-8)10(14)16-6-3/h7H,4-6H2,1-3H3,(H,11,12,13). The second-order valence-corrected chi connectivity index (χ2v) is 3.13. The van der Waals surface area contributed by atoms with Crippen LogP contribution in [0, 0.1) is 0 Å². The minimum absolute atomic E-state index is 0.210. The van der Waals surface area contributed by atoms with Crippen molar-refractivity contribution in [1.29, 1.82) is 0 Å². The van der Waals surface area contributed by atoms with Gasteiger partial charge in [-0.05, 0) is 20.3 Å². The van der Waals surface area contributed by atoms with Crippen LogP contribution in [0.15, 0.2) is 0 Å². The lowest BCUT2D eigenvalue weighted by Crippen LogP contribution is -2.12. The van der Waals surface area contributed by atoms with Crippen molar-refractivity contribution in [2.75, 3.05) is 13.2 Å². The summed E-state index contributed by atoms with van der Waals surface area (Å²) in [5.74, 6) is -0.468. The predicted molar refractivity (Wildman–Crippen MR) is 57.0 cm³/mol. The third-order valence-corrected chi connectivity index (χ3v) is 2.09. The molecule has 90 valence electrons. The Hall–Kier alpha value is -1.43. The fourth-order valence-corrected chi connectivity index (χ4v) is 1.40. The second-order valence-electron chi connectivity index (χ2n) is 3.13. The lowest BCUT2D eigenvalue weighted by atomic mass is 10.1. The van der Waals surface area contributed by atoms with Crippen molar-refractivity contribution in [3.63, 3.8) is 0 Å². The quantitative estimate of drug-likeness (QED) is 0.744. The van der Waals surface area contributed by atoms with Crippen molar-refractivity contribution in [2.24, 2.45) is 0 Å². The SMILES string of the molecule is CCOC(=O)c1n[nH]nc1C(CC)OCC. The summed E-state index contributed by atoms with van der Waals surface area (Å²) >= 11 is 0. The van der Waals surface area contributed by atoms with Gasteiger partial charge in [0.1, 0.15) is 11.8 Å². The van der Waals surface area contributed by atoms with Gasteiger partial charge in [0.25, 0.3) is 0 Å². The summed E-state index contributed by atoms with van der Waals surface area (Å²) in [7, 11) is 0. The van der Waals surface area contributed by atoms with Gasteiger partial charge in [0.05, 0.1) is 6.61 Å². The first-order chi connectivity index (χ1) is 7.74. The fourth-order valence-electron chi connectivity index (χ4n) is 1.40. The first kappa shape index (κ1) is 12.6. The number of carbonyl (C=O) groups is 1. The fraction of sp³-hybridized carbons (Fsp3) is 0.700. The molecule has 0 aliphatic rings. The highest BCUT2D eigenvalue weighted by atomic mass is 16.5. The molecular weight excluding hydrogens is 210 g/mol. The van der Waals surface area contributed by atoms with Crippen LogP contribution < -0.4 is 0 Å². The van der Waals surface area contributed by atoms with Gasteiger partial charge in [0.15, 0.2) is 5.69 Å². The molecular formula is C10H17N3O3. The highest BCUT2D eigenvalue weighted by molar-refractivity contribution is 5.88. The number of nitrogens with one attached hydrogen (secondary N) is 1. The number of nitrogens with zero attached hydrogens (tertiary/aromatic N) is 2. The summed E-state index contributed by atoms with van der Waals surface area (Å²) < 4.78 is 10.4. The molecule has 6 heteroatoms. The predicted octanol–water partition coefficient (Wildman–Crippen LogP) is 1.47. The summed E-state index contributed by atoms with van der Waals surface area (Å²) in [6, 6.07) is 0. The molecule has 0 aliphatic heterocycles. The van der Waals surface area contributed by atoms with E-state index < -0.39 is 5.97 Å². The van der Waals surface area contributed by atoms with Crippen molar-refractivity contribution in [3.05, 3.63) is 11.4 Å². The van der Waals surface area contributed by atoms with E-state index >= 15 is 0 Å². The van der Waals surface area contributed by atoms with Gasteiger partial charge in [0.2, 0.25) is 0 Å². The molecule has 1 aromatic heterocycles. The van der Waals surface area contributed by atoms with E-state index in [1.54, 1.807) is 6.92 Å². The Balaban J connectivity index is 2.87. The zero-order valence-electron chi connectivity index (χ0n) is 9.82. The third-order valence-electron chi connectivity index (χ3n) is 2.09. The van der Waals surface area contributed by atoms with Crippen LogP contribution in [0.4, 0.5) is 0 Å². The molecule has 0 fully saturated rings. The van der Waals surface area contributed by atoms with E-state index in [-0.39, 0.29) is 11.8 Å². The smallest absolute Gasteiger partial charge is 0.360 e. The lowest BCUT2D eigenvalue weighted by Gasteiger charge is -2.12. The third kappa shape index (κ3) is 2.79. The van der Waals surface area contributed by atoms with Crippen LogP contribution in [-0.2, 0) is 9.47 Å². The highest BCUT2D eigenvalue weighted by Crippen LogP contribution is 2.21. The maximum Gasteiger partial charge on any atom is 0.360 e. The number of hydrogen-bond donors (Lipinski definition) is 1. The summed E-state index contributed by atoms with van der Waals surface area (Å²) in [5, 5.41) is 10.2. The van der Waals surface area contributed by atoms with Crippen molar-refractivity contribution < 1.29 is 14.3 Å². The Morgan fingerprint density at radius 3 is 2.62 bits per heavy atom. The van der Waals surface area contributed by atoms with Crippen LogP contribution in [0.25, 0.3) is 0 Å². The number of aromatic amines is 1. The van der Waals surface area contributed by atoms with E-state index in [9.17, 15) is 4.79 Å². The molecule has 1 unspecified atom stereocenters. The second kappa shape index (κ2) is 6.22. The van der Waals surface area contributed by atoms with Gasteiger partial charge in [-0.3, -0.25) is 0 Å². The van der Waals surface area contributed by atoms with Crippen molar-refractivity contribution in [3.8, 4) is 0 Å². The molecule has 0 saturated carbocycles. The zero-order chi connectivity index (χ0) is 12.0. The Morgan fingerprint density at radius 2 is 2.06 bits per heavy atom. The van der Waals surface area contributed by atoms with Crippen LogP contribution in [0.3, 0.4) is 0 Å². The van der Waals surface area contributed by atoms with Gasteiger partial charge in [-0.15, -0.1) is 5.10 Å². The van der Waals surface area contributed by atoms with Gasteiger partial charge in [-0.25, -0.2) is 4.79 Å². The molecule has 1 rings (SSSR count). The summed E-state index contributed by atoms with van der Waals surface area (Å²) in [6.45, 7) is 6.48. The number of rotatable bonds is 6. The summed E-state index contributed by atoms with van der Waals surface area (Å²) in [6.07, 6.45) is 0.510. The molecule has 0 aromatic carbocycles. The van der Waals surface area contributed by atoms with Crippen molar-refractivity contribution >= 4 is 5.97 Å². The monoisotopic (exact) mass is 227 g/mol. The van der Waals surface area contributed by atoms with E-state index in [0.29, 0.717) is 18.9 Å². The first-order valence-corrected chi connectivity index (χ1v) is 5.43. The molecule has 0 spiro atoms. The Kier molecular flexibility index (Phi) is 4.91. The van der Waals surface area contributed by atoms with Crippen molar-refractivity contribution in [1.82, 2.24) is 15.4 Å². The molecule has 0 bridgehead atoms. The number of hydrogen-bond acceptors (Lipinski definition) is 5. The molecule has 16 heavy (non-hydrogen) atoms. The number of carbonyl (C=O) groups excluding carboxylic acids is 1. The molecule has 0 radical (unpaired) electrons. The van der Waals surface area contributed by atoms with E-state index in [0.717, 1.165) is 6.42 Å². The van der Waals surface area contributed by atoms with E-state index in [1.807, 2.05) is 13.8 Å². The molecule has 1 atom stereocenters. The highest BCUT2D eigenvalue weighted by Gasteiger charge is 2.23. The number of ether oxygens (including phenoxy) is 2. The number of esters is 1. The maximum absolute atomic E-state index is 11.6. The van der Waals surface area contributed by atoms with E-state index in [1.165, 1.54) is 0 Å².